The number of thiazole rings is 1. The molecule has 154 valence electrons. The third-order valence-corrected chi connectivity index (χ3v) is 5.52. The fourth-order valence-corrected chi connectivity index (χ4v) is 3.97. The Hall–Kier alpha value is -2.98. The quantitative estimate of drug-likeness (QED) is 0.317. The van der Waals surface area contributed by atoms with Crippen LogP contribution in [-0.4, -0.2) is 20.5 Å². The van der Waals surface area contributed by atoms with Crippen molar-refractivity contribution in [2.45, 2.75) is 13.1 Å². The molecule has 0 bridgehead atoms. The molecule has 4 rings (SSSR count). The lowest BCUT2D eigenvalue weighted by Gasteiger charge is -2.06. The van der Waals surface area contributed by atoms with E-state index >= 15 is 0 Å². The highest BCUT2D eigenvalue weighted by molar-refractivity contribution is 7.20. The van der Waals surface area contributed by atoms with Gasteiger partial charge in [-0.15, -0.1) is 0 Å². The summed E-state index contributed by atoms with van der Waals surface area (Å²) in [5, 5.41) is 1.94. The van der Waals surface area contributed by atoms with Crippen LogP contribution >= 0.6 is 22.9 Å². The average Bonchev–Trinajstić information content (AvgIpc) is 3.25. The topological polar surface area (TPSA) is 63.0 Å². The summed E-state index contributed by atoms with van der Waals surface area (Å²) < 4.78 is 55.8. The summed E-state index contributed by atoms with van der Waals surface area (Å²) >= 11 is 6.77. The number of rotatable bonds is 3. The molecule has 30 heavy (non-hydrogen) atoms. The third-order valence-electron chi connectivity index (χ3n) is 4.21. The Morgan fingerprint density at radius 3 is 2.63 bits per heavy atom. The van der Waals surface area contributed by atoms with Crippen LogP contribution in [0, 0.1) is 5.82 Å². The standard InChI is InChI=1S/C19H11ClF4N4OS/c1-9(25-10-6-7-12(21)11(20)8-10)15-16(19(22,23)24)27-28(17(15)29)18-26-13-4-2-3-5-14(13)30-18/h2-8,27H,1H3. The van der Waals surface area contributed by atoms with Crippen LogP contribution in [0.4, 0.5) is 23.2 Å². The number of para-hydroxylation sites is 1. The van der Waals surface area contributed by atoms with Gasteiger partial charge in [-0.1, -0.05) is 35.1 Å². The molecule has 2 heterocycles. The van der Waals surface area contributed by atoms with Crippen LogP contribution in [0.15, 0.2) is 52.3 Å². The Kier molecular flexibility index (Phi) is 4.99. The Balaban J connectivity index is 1.89. The summed E-state index contributed by atoms with van der Waals surface area (Å²) in [6, 6.07) is 10.4. The number of benzene rings is 2. The van der Waals surface area contributed by atoms with Crippen LogP contribution in [0.5, 0.6) is 0 Å². The molecule has 2 aromatic heterocycles. The van der Waals surface area contributed by atoms with E-state index in [1.54, 1.807) is 24.3 Å². The minimum atomic E-state index is -4.84. The number of hydrogen-bond donors (Lipinski definition) is 1. The van der Waals surface area contributed by atoms with Crippen molar-refractivity contribution in [3.8, 4) is 5.13 Å². The van der Waals surface area contributed by atoms with Crippen LogP contribution < -0.4 is 5.56 Å². The minimum Gasteiger partial charge on any atom is -0.284 e. The summed E-state index contributed by atoms with van der Waals surface area (Å²) in [6.07, 6.45) is -4.84. The van der Waals surface area contributed by atoms with E-state index in [4.69, 9.17) is 11.6 Å². The van der Waals surface area contributed by atoms with Gasteiger partial charge in [-0.3, -0.25) is 14.9 Å². The molecule has 0 amide bonds. The maximum Gasteiger partial charge on any atom is 0.433 e. The zero-order valence-corrected chi connectivity index (χ0v) is 16.7. The summed E-state index contributed by atoms with van der Waals surface area (Å²) in [4.78, 5) is 21.2. The van der Waals surface area contributed by atoms with Crippen LogP contribution in [0.25, 0.3) is 15.3 Å². The molecule has 0 saturated heterocycles. The summed E-state index contributed by atoms with van der Waals surface area (Å²) in [5.74, 6) is -0.691. The Morgan fingerprint density at radius 1 is 1.23 bits per heavy atom. The van der Waals surface area contributed by atoms with Crippen molar-refractivity contribution in [1.82, 2.24) is 14.8 Å². The summed E-state index contributed by atoms with van der Waals surface area (Å²) in [6.45, 7) is 1.26. The van der Waals surface area contributed by atoms with Crippen LogP contribution in [0.1, 0.15) is 18.2 Å². The van der Waals surface area contributed by atoms with Gasteiger partial charge in [0.2, 0.25) is 5.13 Å². The van der Waals surface area contributed by atoms with Crippen molar-refractivity contribution in [2.24, 2.45) is 4.99 Å². The predicted octanol–water partition coefficient (Wildman–Crippen LogP) is 5.73. The van der Waals surface area contributed by atoms with E-state index in [1.165, 1.54) is 13.0 Å². The lowest BCUT2D eigenvalue weighted by Crippen LogP contribution is -2.20. The van der Waals surface area contributed by atoms with Gasteiger partial charge in [-0.2, -0.15) is 17.9 Å². The lowest BCUT2D eigenvalue weighted by molar-refractivity contribution is -0.141. The lowest BCUT2D eigenvalue weighted by atomic mass is 10.1. The second-order valence-corrected chi connectivity index (χ2v) is 7.68. The first-order chi connectivity index (χ1) is 14.1. The molecule has 0 fully saturated rings. The number of halogens is 5. The molecule has 11 heteroatoms. The van der Waals surface area contributed by atoms with E-state index in [0.29, 0.717) is 5.52 Å². The SMILES string of the molecule is CC(=Nc1ccc(F)c(Cl)c1)c1c(C(F)(F)F)[nH]n(-c2nc3ccccc3s2)c1=O. The molecule has 0 unspecified atom stereocenters. The minimum absolute atomic E-state index is 0.0653. The Morgan fingerprint density at radius 2 is 1.97 bits per heavy atom. The molecule has 0 spiro atoms. The molecule has 0 aliphatic rings. The van der Waals surface area contributed by atoms with Gasteiger partial charge >= 0.3 is 6.18 Å². The highest BCUT2D eigenvalue weighted by Crippen LogP contribution is 2.32. The molecule has 2 aromatic carbocycles. The van der Waals surface area contributed by atoms with E-state index in [-0.39, 0.29) is 21.6 Å². The largest absolute Gasteiger partial charge is 0.433 e. The highest BCUT2D eigenvalue weighted by Gasteiger charge is 2.39. The fourth-order valence-electron chi connectivity index (χ4n) is 2.87. The van der Waals surface area contributed by atoms with Crippen molar-refractivity contribution in [2.75, 3.05) is 0 Å². The third kappa shape index (κ3) is 3.63. The summed E-state index contributed by atoms with van der Waals surface area (Å²) in [5.41, 5.74) is -2.38. The van der Waals surface area contributed by atoms with E-state index < -0.39 is 28.8 Å². The number of aromatic amines is 1. The second kappa shape index (κ2) is 7.37. The number of H-pyrrole nitrogens is 1. The molecule has 0 saturated carbocycles. The smallest absolute Gasteiger partial charge is 0.284 e. The van der Waals surface area contributed by atoms with Gasteiger partial charge in [0.1, 0.15) is 5.82 Å². The zero-order valence-electron chi connectivity index (χ0n) is 15.1. The van der Waals surface area contributed by atoms with Gasteiger partial charge in [-0.05, 0) is 37.3 Å². The number of fused-ring (bicyclic) bond motifs is 1. The second-order valence-electron chi connectivity index (χ2n) is 6.26. The molecule has 0 radical (unpaired) electrons. The van der Waals surface area contributed by atoms with Gasteiger partial charge in [0.15, 0.2) is 5.69 Å². The van der Waals surface area contributed by atoms with E-state index in [1.807, 2.05) is 0 Å². The number of aromatic nitrogens is 3. The van der Waals surface area contributed by atoms with Crippen LogP contribution in [0.3, 0.4) is 0 Å². The maximum absolute atomic E-state index is 13.7. The van der Waals surface area contributed by atoms with Crippen LogP contribution in [-0.2, 0) is 6.18 Å². The first-order valence-electron chi connectivity index (χ1n) is 8.44. The summed E-state index contributed by atoms with van der Waals surface area (Å²) in [7, 11) is 0. The van der Waals surface area contributed by atoms with Crippen molar-refractivity contribution in [1.29, 1.82) is 0 Å². The van der Waals surface area contributed by atoms with E-state index in [2.05, 4.69) is 15.1 Å². The van der Waals surface area contributed by atoms with Crippen molar-refractivity contribution >= 4 is 44.6 Å². The van der Waals surface area contributed by atoms with Crippen molar-refractivity contribution < 1.29 is 17.6 Å². The predicted molar refractivity (Wildman–Crippen MR) is 108 cm³/mol. The van der Waals surface area contributed by atoms with Crippen LogP contribution in [0.2, 0.25) is 5.02 Å². The first kappa shape index (κ1) is 20.3. The Labute approximate surface area is 175 Å². The Bertz CT molecular complexity index is 1320. The molecular weight excluding hydrogens is 444 g/mol. The monoisotopic (exact) mass is 454 g/mol. The van der Waals surface area contributed by atoms with Gasteiger partial charge in [0.25, 0.3) is 5.56 Å². The highest BCUT2D eigenvalue weighted by atomic mass is 35.5. The number of alkyl halides is 3. The molecular formula is C19H11ClF4N4OS. The van der Waals surface area contributed by atoms with Gasteiger partial charge in [0, 0.05) is 0 Å². The fraction of sp³-hybridized carbons (Fsp3) is 0.105. The average molecular weight is 455 g/mol. The number of aliphatic imine (C=N–C) groups is 1. The van der Waals surface area contributed by atoms with Crippen molar-refractivity contribution in [3.05, 3.63) is 74.9 Å². The molecule has 4 aromatic rings. The van der Waals surface area contributed by atoms with E-state index in [0.717, 1.165) is 32.9 Å². The number of nitrogens with zero attached hydrogens (tertiary/aromatic N) is 3. The maximum atomic E-state index is 13.7. The van der Waals surface area contributed by atoms with Gasteiger partial charge in [-0.25, -0.2) is 9.37 Å². The zero-order chi connectivity index (χ0) is 21.6. The van der Waals surface area contributed by atoms with Gasteiger partial charge < -0.3 is 0 Å². The molecule has 0 aliphatic heterocycles. The number of hydrogen-bond acceptors (Lipinski definition) is 4. The normalized spacial score (nSPS) is 12.7. The number of nitrogens with one attached hydrogen (secondary N) is 1. The molecule has 0 aliphatic carbocycles. The first-order valence-corrected chi connectivity index (χ1v) is 9.63. The molecule has 1 N–H and O–H groups in total. The molecule has 5 nitrogen and oxygen atoms in total. The van der Waals surface area contributed by atoms with E-state index in [9.17, 15) is 22.4 Å². The van der Waals surface area contributed by atoms with Gasteiger partial charge in [0.05, 0.1) is 32.2 Å². The van der Waals surface area contributed by atoms with Crippen molar-refractivity contribution in [3.63, 3.8) is 0 Å². The molecule has 0 atom stereocenters.